The number of fused-ring (bicyclic) bond motifs is 2. The van der Waals surface area contributed by atoms with Crippen molar-refractivity contribution in [1.82, 2.24) is 0 Å². The van der Waals surface area contributed by atoms with Crippen LogP contribution >= 0.6 is 118 Å². The molecule has 0 atom stereocenters. The number of hydrogen-bond acceptors (Lipinski definition) is 10. The topological polar surface area (TPSA) is 0 Å². The van der Waals surface area contributed by atoms with Crippen LogP contribution in [0, 0.1) is 6.28 Å². The lowest BCUT2D eigenvalue weighted by Gasteiger charge is -2.14. The lowest BCUT2D eigenvalue weighted by atomic mass is 11.1. The molecule has 2 aromatic rings. The van der Waals surface area contributed by atoms with Crippen molar-refractivity contribution in [2.24, 2.45) is 0 Å². The van der Waals surface area contributed by atoms with Crippen LogP contribution in [0.1, 0.15) is 0 Å². The highest BCUT2D eigenvalue weighted by Crippen LogP contribution is 2.74. The molecule has 4 rings (SSSR count). The van der Waals surface area contributed by atoms with Gasteiger partial charge in [-0.2, -0.15) is 0 Å². The van der Waals surface area contributed by atoms with Crippen LogP contribution in [0.2, 0.25) is 0 Å². The van der Waals surface area contributed by atoms with Gasteiger partial charge in [0.15, 0.2) is 64.6 Å². The number of nitrogens with zero attached hydrogens (tertiary/aromatic N) is 1. The normalized spacial score (nSPS) is 19.8. The molecule has 0 radical (unpaired) electrons. The Balaban J connectivity index is 1.71. The van der Waals surface area contributed by atoms with Gasteiger partial charge in [-0.15, -0.1) is 0 Å². The van der Waals surface area contributed by atoms with Crippen LogP contribution in [0.15, 0.2) is 16.8 Å². The van der Waals surface area contributed by atoms with Crippen molar-refractivity contribution in [3.63, 3.8) is 0 Å². The fourth-order valence-electron chi connectivity index (χ4n) is 1.25. The lowest BCUT2D eigenvalue weighted by molar-refractivity contribution is -0.267. The summed E-state index contributed by atoms with van der Waals surface area (Å²) in [5.74, 6) is 0. The third kappa shape index (κ3) is 2.15. The van der Waals surface area contributed by atoms with Crippen LogP contribution < -0.4 is 0 Å². The van der Waals surface area contributed by atoms with Gasteiger partial charge in [-0.3, -0.25) is 0 Å². The van der Waals surface area contributed by atoms with Crippen molar-refractivity contribution >= 4 is 118 Å². The van der Waals surface area contributed by atoms with Gasteiger partial charge in [0, 0.05) is 0 Å². The summed E-state index contributed by atoms with van der Waals surface area (Å²) in [6, 6.07) is 0. The average Bonchev–Trinajstić information content (AvgIpc) is 2.85. The van der Waals surface area contributed by atoms with Gasteiger partial charge in [0.1, 0.15) is 6.28 Å². The molecule has 0 aromatic carbocycles. The Morgan fingerprint density at radius 1 is 0.588 bits per heavy atom. The summed E-state index contributed by atoms with van der Waals surface area (Å²) in [6.07, 6.45) is 0. The molecule has 0 amide bonds. The monoisotopic (exact) mass is 406 g/mol. The van der Waals surface area contributed by atoms with E-state index in [0.717, 1.165) is 8.38 Å². The van der Waals surface area contributed by atoms with Gasteiger partial charge in [-0.1, -0.05) is 71.9 Å². The third-order valence-electron chi connectivity index (χ3n) is 1.82. The second kappa shape index (κ2) is 4.45. The van der Waals surface area contributed by atoms with Crippen molar-refractivity contribution < 1.29 is 2.10 Å². The van der Waals surface area contributed by atoms with Gasteiger partial charge in [-0.05, 0) is 0 Å². The molecule has 2 aliphatic heterocycles. The number of hydrogen-bond donors (Lipinski definition) is 0. The van der Waals surface area contributed by atoms with Gasteiger partial charge < -0.3 is 0 Å². The number of quaternary nitrogens is 1. The first-order valence-corrected chi connectivity index (χ1v) is 11.3. The van der Waals surface area contributed by atoms with Crippen molar-refractivity contribution in [1.29, 1.82) is 0 Å². The van der Waals surface area contributed by atoms with Crippen LogP contribution in [0.5, 0.6) is 0 Å². The molecular formula is C6NS10+. The zero-order chi connectivity index (χ0) is 11.6. The van der Waals surface area contributed by atoms with E-state index in [1.165, 1.54) is 16.8 Å². The minimum atomic E-state index is 0.876. The van der Waals surface area contributed by atoms with E-state index in [1.807, 2.05) is 47.8 Å². The van der Waals surface area contributed by atoms with Crippen molar-refractivity contribution in [3.8, 4) is 0 Å². The molecule has 0 aliphatic carbocycles. The summed E-state index contributed by atoms with van der Waals surface area (Å²) in [5.41, 5.74) is 0. The molecule has 11 heteroatoms. The molecule has 0 saturated carbocycles. The van der Waals surface area contributed by atoms with E-state index in [9.17, 15) is 0 Å². The highest BCUT2D eigenvalue weighted by atomic mass is 32.4. The second-order valence-electron chi connectivity index (χ2n) is 2.87. The molecular weight excluding hydrogens is 407 g/mol. The SMILES string of the molecule is S=c1sc2c(s1)S[N+]1(S2)Sc2sc(=S)sc2S1. The van der Waals surface area contributed by atoms with Crippen LogP contribution in [-0.4, -0.2) is 2.10 Å². The first kappa shape index (κ1) is 12.6. The van der Waals surface area contributed by atoms with E-state index in [1.54, 1.807) is 45.3 Å². The van der Waals surface area contributed by atoms with E-state index in [2.05, 4.69) is 0 Å². The molecule has 0 bridgehead atoms. The molecule has 1 spiro atoms. The Labute approximate surface area is 141 Å². The van der Waals surface area contributed by atoms with E-state index in [-0.39, 0.29) is 0 Å². The Kier molecular flexibility index (Phi) is 3.30. The highest BCUT2D eigenvalue weighted by Gasteiger charge is 2.54. The van der Waals surface area contributed by atoms with E-state index >= 15 is 0 Å². The molecule has 0 unspecified atom stereocenters. The minimum Gasteiger partial charge on any atom is -0.0991 e. The van der Waals surface area contributed by atoms with Gasteiger partial charge in [0.2, 0.25) is 0 Å². The van der Waals surface area contributed by atoms with E-state index < -0.39 is 0 Å². The van der Waals surface area contributed by atoms with Gasteiger partial charge in [0.05, 0.1) is 0 Å². The Bertz CT molecular complexity index is 595. The summed E-state index contributed by atoms with van der Waals surface area (Å²) in [5, 5.41) is 0. The van der Waals surface area contributed by atoms with Crippen molar-refractivity contribution in [3.05, 3.63) is 6.28 Å². The highest BCUT2D eigenvalue weighted by molar-refractivity contribution is 8.32. The van der Waals surface area contributed by atoms with Crippen LogP contribution in [0.3, 0.4) is 0 Å². The fourth-order valence-corrected chi connectivity index (χ4v) is 17.0. The first-order chi connectivity index (χ1) is 8.13. The summed E-state index contributed by atoms with van der Waals surface area (Å²) >= 11 is 25.0. The van der Waals surface area contributed by atoms with E-state index in [4.69, 9.17) is 24.4 Å². The average molecular weight is 407 g/mol. The molecule has 0 fully saturated rings. The third-order valence-corrected chi connectivity index (χ3v) is 14.0. The molecule has 2 aliphatic rings. The molecule has 0 N–H and O–H groups in total. The standard InChI is InChI=1S/C6NS10/c8-5-10-1-2(11-5)15-7(14-1)16-3-4(17-7)13-6(9)12-3/q+1. The van der Waals surface area contributed by atoms with Crippen molar-refractivity contribution in [2.45, 2.75) is 16.8 Å². The molecule has 1 nitrogen and oxygen atoms in total. The zero-order valence-corrected chi connectivity index (χ0v) is 15.7. The Hall–Kier alpha value is 1.90. The summed E-state index contributed by atoms with van der Waals surface area (Å²) in [4.78, 5) is 0. The van der Waals surface area contributed by atoms with Gasteiger partial charge in [-0.25, -0.2) is 0 Å². The molecule has 0 saturated heterocycles. The molecule has 17 heavy (non-hydrogen) atoms. The predicted octanol–water partition coefficient (Wildman–Crippen LogP) is 6.96. The predicted molar refractivity (Wildman–Crippen MR) is 89.7 cm³/mol. The Morgan fingerprint density at radius 2 is 0.882 bits per heavy atom. The lowest BCUT2D eigenvalue weighted by Crippen LogP contribution is -2.05. The van der Waals surface area contributed by atoms with Gasteiger partial charge >= 0.3 is 0 Å². The summed E-state index contributed by atoms with van der Waals surface area (Å²) in [6.45, 7) is 0. The fraction of sp³-hybridized carbons (Fsp3) is 0. The molecule has 2 aromatic heterocycles. The zero-order valence-electron chi connectivity index (χ0n) is 7.53. The second-order valence-corrected chi connectivity index (χ2v) is 16.3. The number of rotatable bonds is 0. The summed E-state index contributed by atoms with van der Waals surface area (Å²) < 4.78 is 8.46. The van der Waals surface area contributed by atoms with E-state index in [0.29, 0.717) is 0 Å². The molecule has 88 valence electrons. The largest absolute Gasteiger partial charge is 0.165 e. The first-order valence-electron chi connectivity index (χ1n) is 4.09. The van der Waals surface area contributed by atoms with Crippen molar-refractivity contribution in [2.75, 3.05) is 0 Å². The van der Waals surface area contributed by atoms with Crippen LogP contribution in [0.4, 0.5) is 0 Å². The maximum atomic E-state index is 5.23. The van der Waals surface area contributed by atoms with Crippen LogP contribution in [0.25, 0.3) is 0 Å². The summed E-state index contributed by atoms with van der Waals surface area (Å²) in [7, 11) is 0. The molecule has 4 heterocycles. The Morgan fingerprint density at radius 3 is 1.18 bits per heavy atom. The van der Waals surface area contributed by atoms with Crippen LogP contribution in [-0.2, 0) is 0 Å². The smallest absolute Gasteiger partial charge is 0.0991 e. The maximum absolute atomic E-state index is 5.23. The maximum Gasteiger partial charge on any atom is 0.165 e. The minimum absolute atomic E-state index is 0.876. The van der Waals surface area contributed by atoms with Gasteiger partial charge in [0.25, 0.3) is 0 Å². The quantitative estimate of drug-likeness (QED) is 0.261.